The summed E-state index contributed by atoms with van der Waals surface area (Å²) in [5, 5.41) is 8.95. The van der Waals surface area contributed by atoms with Crippen LogP contribution in [0.4, 0.5) is 0 Å². The van der Waals surface area contributed by atoms with E-state index in [1.54, 1.807) is 0 Å². The first-order chi connectivity index (χ1) is 8.62. The number of carbonyl (C=O) groups is 1. The van der Waals surface area contributed by atoms with Crippen molar-refractivity contribution >= 4 is 5.97 Å². The van der Waals surface area contributed by atoms with E-state index in [9.17, 15) is 4.79 Å². The smallest absolute Gasteiger partial charge is 0.309 e. The van der Waals surface area contributed by atoms with Crippen molar-refractivity contribution in [2.75, 3.05) is 19.6 Å². The van der Waals surface area contributed by atoms with Crippen molar-refractivity contribution in [1.29, 1.82) is 0 Å². The molecule has 0 atom stereocenters. The molecule has 0 radical (unpaired) electrons. The van der Waals surface area contributed by atoms with Gasteiger partial charge in [0.15, 0.2) is 0 Å². The van der Waals surface area contributed by atoms with Crippen LogP contribution in [0.25, 0.3) is 0 Å². The summed E-state index contributed by atoms with van der Waals surface area (Å²) >= 11 is 0. The molecule has 5 aliphatic rings. The third-order valence-electron chi connectivity index (χ3n) is 6.03. The van der Waals surface area contributed by atoms with E-state index in [-0.39, 0.29) is 5.92 Å². The van der Waals surface area contributed by atoms with Gasteiger partial charge >= 0.3 is 5.97 Å². The minimum absolute atomic E-state index is 0.0843. The number of rotatable bonds is 3. The standard InChI is InChI=1S/C15H23NO2/c17-14(18)13-7-16(8-13)9-15-4-10-1-11(5-15)3-12(2-10)6-15/h10-13H,1-9H2,(H,17,18). The van der Waals surface area contributed by atoms with Crippen LogP contribution in [-0.2, 0) is 4.79 Å². The minimum atomic E-state index is -0.600. The zero-order valence-electron chi connectivity index (χ0n) is 11.0. The lowest BCUT2D eigenvalue weighted by Crippen LogP contribution is -2.57. The van der Waals surface area contributed by atoms with Crippen LogP contribution in [0.5, 0.6) is 0 Å². The predicted molar refractivity (Wildman–Crippen MR) is 68.2 cm³/mol. The van der Waals surface area contributed by atoms with E-state index in [0.29, 0.717) is 5.41 Å². The third kappa shape index (κ3) is 1.70. The van der Waals surface area contributed by atoms with Gasteiger partial charge in [-0.05, 0) is 61.7 Å². The molecule has 0 aromatic carbocycles. The van der Waals surface area contributed by atoms with Crippen molar-refractivity contribution in [3.8, 4) is 0 Å². The van der Waals surface area contributed by atoms with Crippen molar-refractivity contribution < 1.29 is 9.90 Å². The zero-order chi connectivity index (χ0) is 12.3. The number of nitrogens with zero attached hydrogens (tertiary/aromatic N) is 1. The van der Waals surface area contributed by atoms with Gasteiger partial charge in [-0.25, -0.2) is 0 Å². The topological polar surface area (TPSA) is 40.5 Å². The maximum absolute atomic E-state index is 10.9. The Kier molecular flexibility index (Phi) is 2.33. The van der Waals surface area contributed by atoms with Crippen LogP contribution in [0, 0.1) is 29.1 Å². The number of aliphatic carboxylic acids is 1. The first-order valence-corrected chi connectivity index (χ1v) is 7.57. The number of hydrogen-bond donors (Lipinski definition) is 1. The second kappa shape index (κ2) is 3.72. The fourth-order valence-corrected chi connectivity index (χ4v) is 5.81. The summed E-state index contributed by atoms with van der Waals surface area (Å²) in [5.74, 6) is 2.34. The van der Waals surface area contributed by atoms with Crippen LogP contribution in [-0.4, -0.2) is 35.6 Å². The lowest BCUT2D eigenvalue weighted by atomic mass is 9.49. The highest BCUT2D eigenvalue weighted by Crippen LogP contribution is 2.60. The summed E-state index contributed by atoms with van der Waals surface area (Å²) in [6, 6.07) is 0. The number of likely N-dealkylation sites (tertiary alicyclic amines) is 1. The van der Waals surface area contributed by atoms with E-state index < -0.39 is 5.97 Å². The molecule has 0 spiro atoms. The average molecular weight is 249 g/mol. The molecule has 0 aromatic heterocycles. The first-order valence-electron chi connectivity index (χ1n) is 7.57. The molecule has 0 aromatic rings. The lowest BCUT2D eigenvalue weighted by molar-refractivity contribution is -0.150. The maximum Gasteiger partial charge on any atom is 0.309 e. The average Bonchev–Trinajstić information content (AvgIpc) is 2.20. The highest BCUT2D eigenvalue weighted by molar-refractivity contribution is 5.71. The minimum Gasteiger partial charge on any atom is -0.481 e. The van der Waals surface area contributed by atoms with Crippen molar-refractivity contribution in [2.45, 2.75) is 38.5 Å². The van der Waals surface area contributed by atoms with Gasteiger partial charge in [0.05, 0.1) is 5.92 Å². The Morgan fingerprint density at radius 2 is 1.56 bits per heavy atom. The summed E-state index contributed by atoms with van der Waals surface area (Å²) < 4.78 is 0. The Morgan fingerprint density at radius 3 is 2.00 bits per heavy atom. The van der Waals surface area contributed by atoms with Gasteiger partial charge in [0.25, 0.3) is 0 Å². The SMILES string of the molecule is O=C(O)C1CN(CC23CC4CC(CC(C4)C2)C3)C1. The van der Waals surface area contributed by atoms with Crippen LogP contribution in [0.1, 0.15) is 38.5 Å². The van der Waals surface area contributed by atoms with E-state index in [2.05, 4.69) is 4.90 Å². The van der Waals surface area contributed by atoms with E-state index in [1.807, 2.05) is 0 Å². The molecule has 4 saturated carbocycles. The second-order valence-corrected chi connectivity index (χ2v) is 7.65. The number of carboxylic acids is 1. The molecular weight excluding hydrogens is 226 g/mol. The van der Waals surface area contributed by atoms with Gasteiger partial charge in [0.1, 0.15) is 0 Å². The molecule has 5 fully saturated rings. The van der Waals surface area contributed by atoms with Gasteiger partial charge in [-0.3, -0.25) is 4.79 Å². The molecule has 4 aliphatic carbocycles. The van der Waals surface area contributed by atoms with E-state index in [0.717, 1.165) is 30.8 Å². The maximum atomic E-state index is 10.9. The molecule has 18 heavy (non-hydrogen) atoms. The van der Waals surface area contributed by atoms with Crippen LogP contribution in [0.3, 0.4) is 0 Å². The molecule has 100 valence electrons. The lowest BCUT2D eigenvalue weighted by Gasteiger charge is -2.59. The molecule has 1 saturated heterocycles. The van der Waals surface area contributed by atoms with Gasteiger partial charge in [-0.2, -0.15) is 0 Å². The van der Waals surface area contributed by atoms with Gasteiger partial charge in [0.2, 0.25) is 0 Å². The molecule has 3 heteroatoms. The monoisotopic (exact) mass is 249 g/mol. The number of hydrogen-bond acceptors (Lipinski definition) is 2. The normalized spacial score (nSPS) is 47.2. The third-order valence-corrected chi connectivity index (χ3v) is 6.03. The Morgan fingerprint density at radius 1 is 1.06 bits per heavy atom. The summed E-state index contributed by atoms with van der Waals surface area (Å²) in [6.07, 6.45) is 8.80. The Balaban J connectivity index is 1.41. The van der Waals surface area contributed by atoms with Gasteiger partial charge in [0, 0.05) is 19.6 Å². The van der Waals surface area contributed by atoms with Crippen LogP contribution < -0.4 is 0 Å². The van der Waals surface area contributed by atoms with Crippen molar-refractivity contribution in [3.05, 3.63) is 0 Å². The molecule has 3 nitrogen and oxygen atoms in total. The summed E-state index contributed by atoms with van der Waals surface area (Å²) in [6.45, 7) is 2.80. The van der Waals surface area contributed by atoms with Crippen LogP contribution in [0.15, 0.2) is 0 Å². The van der Waals surface area contributed by atoms with E-state index >= 15 is 0 Å². The molecule has 4 bridgehead atoms. The van der Waals surface area contributed by atoms with Gasteiger partial charge in [-0.1, -0.05) is 0 Å². The zero-order valence-corrected chi connectivity index (χ0v) is 11.0. The Bertz CT molecular complexity index is 337. The predicted octanol–water partition coefficient (Wildman–Crippen LogP) is 2.22. The van der Waals surface area contributed by atoms with Crippen LogP contribution in [0.2, 0.25) is 0 Å². The highest BCUT2D eigenvalue weighted by Gasteiger charge is 2.52. The van der Waals surface area contributed by atoms with E-state index in [4.69, 9.17) is 5.11 Å². The molecule has 0 unspecified atom stereocenters. The molecule has 1 N–H and O–H groups in total. The quantitative estimate of drug-likeness (QED) is 0.833. The second-order valence-electron chi connectivity index (χ2n) is 7.65. The highest BCUT2D eigenvalue weighted by atomic mass is 16.4. The molecule has 0 amide bonds. The van der Waals surface area contributed by atoms with Gasteiger partial charge < -0.3 is 10.0 Å². The fraction of sp³-hybridized carbons (Fsp3) is 0.933. The van der Waals surface area contributed by atoms with Gasteiger partial charge in [-0.15, -0.1) is 0 Å². The summed E-state index contributed by atoms with van der Waals surface area (Å²) in [4.78, 5) is 13.3. The molecule has 1 heterocycles. The molecular formula is C15H23NO2. The van der Waals surface area contributed by atoms with E-state index in [1.165, 1.54) is 45.1 Å². The van der Waals surface area contributed by atoms with Crippen molar-refractivity contribution in [3.63, 3.8) is 0 Å². The first kappa shape index (κ1) is 11.3. The van der Waals surface area contributed by atoms with Crippen LogP contribution >= 0.6 is 0 Å². The summed E-state index contributed by atoms with van der Waals surface area (Å²) in [7, 11) is 0. The number of carboxylic acid groups (broad SMARTS) is 1. The Hall–Kier alpha value is -0.570. The largest absolute Gasteiger partial charge is 0.481 e. The van der Waals surface area contributed by atoms with Crippen molar-refractivity contribution in [1.82, 2.24) is 4.90 Å². The van der Waals surface area contributed by atoms with Crippen molar-refractivity contribution in [2.24, 2.45) is 29.1 Å². The Labute approximate surface area is 109 Å². The molecule has 1 aliphatic heterocycles. The fourth-order valence-electron chi connectivity index (χ4n) is 5.81. The summed E-state index contributed by atoms with van der Waals surface area (Å²) in [5.41, 5.74) is 0.582. The molecule has 5 rings (SSSR count).